The molecule has 1 heterocycles. The molecular weight excluding hydrogens is 367 g/mol. The predicted octanol–water partition coefficient (Wildman–Crippen LogP) is 1.08. The standard InChI is InChI=1S/C18H23FN6OS/c1-13(23(2)3)17-21-22-18(25(17)15-8-6-14(19)7-9-15)27-12-16(26)24(4)11-5-10-20/h6-9,13H,5,11-12H2,1-4H3/p+1/t13-/m1/s1. The van der Waals surface area contributed by atoms with Gasteiger partial charge in [-0.25, -0.2) is 4.39 Å². The van der Waals surface area contributed by atoms with E-state index < -0.39 is 0 Å². The van der Waals surface area contributed by atoms with Gasteiger partial charge in [0.2, 0.25) is 5.91 Å². The Bertz CT molecular complexity index is 814. The Balaban J connectivity index is 2.27. The van der Waals surface area contributed by atoms with Gasteiger partial charge in [-0.1, -0.05) is 11.8 Å². The highest BCUT2D eigenvalue weighted by atomic mass is 32.2. The zero-order chi connectivity index (χ0) is 20.0. The normalized spacial score (nSPS) is 12.0. The van der Waals surface area contributed by atoms with E-state index in [1.54, 1.807) is 19.2 Å². The molecule has 2 aromatic rings. The van der Waals surface area contributed by atoms with Crippen LogP contribution in [-0.4, -0.2) is 59.0 Å². The maximum Gasteiger partial charge on any atom is 0.232 e. The van der Waals surface area contributed by atoms with Gasteiger partial charge in [0.25, 0.3) is 0 Å². The Morgan fingerprint density at radius 3 is 2.63 bits per heavy atom. The zero-order valence-corrected chi connectivity index (χ0v) is 16.8. The van der Waals surface area contributed by atoms with E-state index in [0.717, 1.165) is 11.5 Å². The largest absolute Gasteiger partial charge is 0.344 e. The Hall–Kier alpha value is -2.44. The Kier molecular flexibility index (Phi) is 7.33. The molecule has 1 aromatic heterocycles. The van der Waals surface area contributed by atoms with E-state index in [4.69, 9.17) is 5.26 Å². The quantitative estimate of drug-likeness (QED) is 0.681. The lowest BCUT2D eigenvalue weighted by molar-refractivity contribution is -0.890. The maximum atomic E-state index is 13.3. The lowest BCUT2D eigenvalue weighted by Crippen LogP contribution is -3.05. The number of aromatic nitrogens is 3. The van der Waals surface area contributed by atoms with Crippen molar-refractivity contribution in [1.29, 1.82) is 5.26 Å². The Morgan fingerprint density at radius 1 is 1.37 bits per heavy atom. The van der Waals surface area contributed by atoms with Crippen LogP contribution in [-0.2, 0) is 4.79 Å². The van der Waals surface area contributed by atoms with Gasteiger partial charge < -0.3 is 9.80 Å². The smallest absolute Gasteiger partial charge is 0.232 e. The first-order valence-electron chi connectivity index (χ1n) is 8.60. The second kappa shape index (κ2) is 9.48. The summed E-state index contributed by atoms with van der Waals surface area (Å²) in [5.41, 5.74) is 0.747. The zero-order valence-electron chi connectivity index (χ0n) is 15.9. The number of benzene rings is 1. The molecule has 1 N–H and O–H groups in total. The van der Waals surface area contributed by atoms with Crippen molar-refractivity contribution in [2.24, 2.45) is 0 Å². The maximum absolute atomic E-state index is 13.3. The molecule has 0 fully saturated rings. The van der Waals surface area contributed by atoms with E-state index in [1.807, 2.05) is 31.7 Å². The van der Waals surface area contributed by atoms with Crippen LogP contribution in [0.4, 0.5) is 4.39 Å². The van der Waals surface area contributed by atoms with E-state index in [1.165, 1.54) is 33.7 Å². The number of quaternary nitrogens is 1. The van der Waals surface area contributed by atoms with Crippen molar-refractivity contribution in [3.8, 4) is 11.8 Å². The molecule has 7 nitrogen and oxygen atoms in total. The highest BCUT2D eigenvalue weighted by molar-refractivity contribution is 7.99. The molecule has 1 amide bonds. The minimum Gasteiger partial charge on any atom is -0.344 e. The highest BCUT2D eigenvalue weighted by Gasteiger charge is 2.24. The molecule has 0 aliphatic rings. The van der Waals surface area contributed by atoms with E-state index in [-0.39, 0.29) is 23.5 Å². The summed E-state index contributed by atoms with van der Waals surface area (Å²) in [6, 6.07) is 8.21. The number of carbonyl (C=O) groups excluding carboxylic acids is 1. The van der Waals surface area contributed by atoms with Gasteiger partial charge in [0, 0.05) is 19.3 Å². The third-order valence-electron chi connectivity index (χ3n) is 4.31. The molecule has 27 heavy (non-hydrogen) atoms. The topological polar surface area (TPSA) is 79.2 Å². The van der Waals surface area contributed by atoms with Crippen LogP contribution in [0.25, 0.3) is 5.69 Å². The molecule has 0 saturated carbocycles. The minimum atomic E-state index is -0.317. The number of hydrogen-bond acceptors (Lipinski definition) is 5. The van der Waals surface area contributed by atoms with Crippen molar-refractivity contribution >= 4 is 17.7 Å². The van der Waals surface area contributed by atoms with Crippen molar-refractivity contribution in [3.63, 3.8) is 0 Å². The van der Waals surface area contributed by atoms with Crippen LogP contribution in [0.1, 0.15) is 25.2 Å². The van der Waals surface area contributed by atoms with Gasteiger partial charge in [-0.05, 0) is 31.2 Å². The van der Waals surface area contributed by atoms with Gasteiger partial charge in [0.05, 0.1) is 32.3 Å². The summed E-state index contributed by atoms with van der Waals surface area (Å²) < 4.78 is 15.2. The molecular formula is C18H24FN6OS+. The number of thioether (sulfide) groups is 1. The molecule has 1 atom stereocenters. The number of rotatable bonds is 8. The number of hydrogen-bond donors (Lipinski definition) is 1. The molecule has 0 unspecified atom stereocenters. The van der Waals surface area contributed by atoms with E-state index in [9.17, 15) is 9.18 Å². The first-order valence-corrected chi connectivity index (χ1v) is 9.58. The fraction of sp³-hybridized carbons (Fsp3) is 0.444. The second-order valence-corrected chi connectivity index (χ2v) is 7.41. The highest BCUT2D eigenvalue weighted by Crippen LogP contribution is 2.24. The van der Waals surface area contributed by atoms with Gasteiger partial charge in [0.1, 0.15) is 11.9 Å². The van der Waals surface area contributed by atoms with Crippen molar-refractivity contribution < 1.29 is 14.1 Å². The van der Waals surface area contributed by atoms with Crippen LogP contribution in [0.5, 0.6) is 0 Å². The van der Waals surface area contributed by atoms with Crippen LogP contribution < -0.4 is 4.90 Å². The summed E-state index contributed by atoms with van der Waals surface area (Å²) in [5, 5.41) is 17.8. The van der Waals surface area contributed by atoms with Crippen LogP contribution in [0.2, 0.25) is 0 Å². The fourth-order valence-electron chi connectivity index (χ4n) is 2.33. The van der Waals surface area contributed by atoms with E-state index in [2.05, 4.69) is 10.2 Å². The molecule has 1 aromatic carbocycles. The third kappa shape index (κ3) is 5.28. The molecule has 0 saturated heterocycles. The molecule has 144 valence electrons. The monoisotopic (exact) mass is 391 g/mol. The average molecular weight is 391 g/mol. The molecule has 0 bridgehead atoms. The number of nitrogens with one attached hydrogen (secondary N) is 1. The molecule has 0 aliphatic heterocycles. The summed E-state index contributed by atoms with van der Waals surface area (Å²) in [7, 11) is 5.72. The molecule has 0 aliphatic carbocycles. The van der Waals surface area contributed by atoms with Crippen LogP contribution in [0, 0.1) is 17.1 Å². The fourth-order valence-corrected chi connectivity index (χ4v) is 3.22. The summed E-state index contributed by atoms with van der Waals surface area (Å²) in [6.45, 7) is 2.43. The van der Waals surface area contributed by atoms with Crippen molar-refractivity contribution in [2.75, 3.05) is 33.4 Å². The molecule has 2 rings (SSSR count). The van der Waals surface area contributed by atoms with Gasteiger partial charge in [-0.3, -0.25) is 9.36 Å². The van der Waals surface area contributed by atoms with Crippen molar-refractivity contribution in [3.05, 3.63) is 35.9 Å². The van der Waals surface area contributed by atoms with Crippen molar-refractivity contribution in [1.82, 2.24) is 19.7 Å². The van der Waals surface area contributed by atoms with Gasteiger partial charge in [-0.15, -0.1) is 10.2 Å². The number of halogens is 1. The molecule has 0 radical (unpaired) electrons. The first kappa shape index (κ1) is 20.9. The summed E-state index contributed by atoms with van der Waals surface area (Å²) >= 11 is 1.28. The summed E-state index contributed by atoms with van der Waals surface area (Å²) in [6.07, 6.45) is 0.298. The van der Waals surface area contributed by atoms with Gasteiger partial charge in [-0.2, -0.15) is 5.26 Å². The molecule has 9 heteroatoms. The second-order valence-electron chi connectivity index (χ2n) is 6.46. The number of carbonyl (C=O) groups is 1. The van der Waals surface area contributed by atoms with Crippen LogP contribution in [0.3, 0.4) is 0 Å². The lowest BCUT2D eigenvalue weighted by atomic mass is 10.2. The van der Waals surface area contributed by atoms with Crippen LogP contribution in [0.15, 0.2) is 29.4 Å². The predicted molar refractivity (Wildman–Crippen MR) is 101 cm³/mol. The SMILES string of the molecule is C[C@H](c1nnc(SCC(=O)N(C)CCC#N)n1-c1ccc(F)cc1)[NH+](C)C. The Labute approximate surface area is 162 Å². The summed E-state index contributed by atoms with van der Waals surface area (Å²) in [5.74, 6) is 0.527. The third-order valence-corrected chi connectivity index (χ3v) is 5.22. The molecule has 0 spiro atoms. The van der Waals surface area contributed by atoms with E-state index >= 15 is 0 Å². The average Bonchev–Trinajstić information content (AvgIpc) is 3.07. The first-order chi connectivity index (χ1) is 12.8. The number of nitrogens with zero attached hydrogens (tertiary/aromatic N) is 5. The number of amides is 1. The van der Waals surface area contributed by atoms with Crippen molar-refractivity contribution in [2.45, 2.75) is 24.5 Å². The minimum absolute atomic E-state index is 0.0610. The number of nitriles is 1. The van der Waals surface area contributed by atoms with Crippen LogP contribution >= 0.6 is 11.8 Å². The summed E-state index contributed by atoms with van der Waals surface area (Å²) in [4.78, 5) is 15.0. The Morgan fingerprint density at radius 2 is 2.04 bits per heavy atom. The van der Waals surface area contributed by atoms with Gasteiger partial charge in [0.15, 0.2) is 11.0 Å². The lowest BCUT2D eigenvalue weighted by Gasteiger charge is -2.18. The van der Waals surface area contributed by atoms with Gasteiger partial charge >= 0.3 is 0 Å². The van der Waals surface area contributed by atoms with E-state index in [0.29, 0.717) is 18.1 Å².